The average Bonchev–Trinajstić information content (AvgIpc) is 3.10. The fourth-order valence-electron chi connectivity index (χ4n) is 1.81. The van der Waals surface area contributed by atoms with Gasteiger partial charge in [0.05, 0.1) is 17.6 Å². The van der Waals surface area contributed by atoms with E-state index in [2.05, 4.69) is 29.2 Å². The molecule has 1 unspecified atom stereocenters. The molecule has 0 bridgehead atoms. The van der Waals surface area contributed by atoms with Crippen LogP contribution >= 0.6 is 0 Å². The molecule has 0 amide bonds. The molecular formula is C12H20N4. The molecule has 1 aliphatic carbocycles. The maximum absolute atomic E-state index is 5.82. The molecule has 1 aromatic rings. The molecule has 1 atom stereocenters. The second-order valence-electron chi connectivity index (χ2n) is 4.59. The van der Waals surface area contributed by atoms with Crippen molar-refractivity contribution in [1.82, 2.24) is 9.88 Å². The molecule has 1 heterocycles. The zero-order valence-electron chi connectivity index (χ0n) is 9.98. The summed E-state index contributed by atoms with van der Waals surface area (Å²) in [6, 6.07) is 3.24. The molecule has 0 saturated heterocycles. The van der Waals surface area contributed by atoms with Gasteiger partial charge in [0, 0.05) is 24.8 Å². The van der Waals surface area contributed by atoms with Gasteiger partial charge in [0.15, 0.2) is 0 Å². The summed E-state index contributed by atoms with van der Waals surface area (Å²) in [6.07, 6.45) is 6.13. The van der Waals surface area contributed by atoms with Crippen molar-refractivity contribution < 1.29 is 0 Å². The van der Waals surface area contributed by atoms with Crippen molar-refractivity contribution in [2.75, 3.05) is 24.6 Å². The highest BCUT2D eigenvalue weighted by Crippen LogP contribution is 2.27. The number of aromatic nitrogens is 1. The first-order valence-electron chi connectivity index (χ1n) is 5.84. The van der Waals surface area contributed by atoms with Crippen molar-refractivity contribution in [3.8, 4) is 0 Å². The molecule has 4 nitrogen and oxygen atoms in total. The topological polar surface area (TPSA) is 54.2 Å². The van der Waals surface area contributed by atoms with E-state index in [1.54, 1.807) is 12.4 Å². The van der Waals surface area contributed by atoms with E-state index in [0.717, 1.165) is 18.3 Å². The first kappa shape index (κ1) is 11.2. The summed E-state index contributed by atoms with van der Waals surface area (Å²) in [5.41, 5.74) is 7.51. The van der Waals surface area contributed by atoms with Gasteiger partial charge < -0.3 is 11.1 Å². The van der Waals surface area contributed by atoms with Gasteiger partial charge in [-0.05, 0) is 32.9 Å². The van der Waals surface area contributed by atoms with Crippen LogP contribution in [-0.4, -0.2) is 35.6 Å². The predicted molar refractivity (Wildman–Crippen MR) is 67.4 cm³/mol. The highest BCUT2D eigenvalue weighted by Gasteiger charge is 2.28. The van der Waals surface area contributed by atoms with E-state index < -0.39 is 0 Å². The average molecular weight is 220 g/mol. The third kappa shape index (κ3) is 2.64. The van der Waals surface area contributed by atoms with Gasteiger partial charge in [0.1, 0.15) is 0 Å². The number of nitrogens with one attached hydrogen (secondary N) is 1. The molecular weight excluding hydrogens is 200 g/mol. The predicted octanol–water partition coefficient (Wildman–Crippen LogP) is 1.56. The molecule has 1 aliphatic rings. The Morgan fingerprint density at radius 2 is 2.38 bits per heavy atom. The van der Waals surface area contributed by atoms with Crippen molar-refractivity contribution in [2.24, 2.45) is 0 Å². The van der Waals surface area contributed by atoms with Crippen molar-refractivity contribution >= 4 is 11.4 Å². The smallest absolute Gasteiger partial charge is 0.0736 e. The van der Waals surface area contributed by atoms with E-state index in [1.165, 1.54) is 12.8 Å². The number of likely N-dealkylation sites (N-methyl/N-ethyl adjacent to an activating group) is 1. The van der Waals surface area contributed by atoms with Crippen LogP contribution in [0.1, 0.15) is 19.8 Å². The number of nitrogens with two attached hydrogens (primary N) is 1. The van der Waals surface area contributed by atoms with Crippen LogP contribution < -0.4 is 11.1 Å². The van der Waals surface area contributed by atoms with Crippen LogP contribution in [0.3, 0.4) is 0 Å². The van der Waals surface area contributed by atoms with Gasteiger partial charge in [-0.2, -0.15) is 0 Å². The molecule has 0 radical (unpaired) electrons. The number of rotatable bonds is 5. The van der Waals surface area contributed by atoms with E-state index in [9.17, 15) is 0 Å². The quantitative estimate of drug-likeness (QED) is 0.790. The summed E-state index contributed by atoms with van der Waals surface area (Å²) in [4.78, 5) is 6.40. The maximum Gasteiger partial charge on any atom is 0.0736 e. The van der Waals surface area contributed by atoms with Crippen LogP contribution in [0.2, 0.25) is 0 Å². The monoisotopic (exact) mass is 220 g/mol. The fourth-order valence-corrected chi connectivity index (χ4v) is 1.81. The molecule has 0 spiro atoms. The molecule has 2 rings (SSSR count). The van der Waals surface area contributed by atoms with Gasteiger partial charge in [-0.3, -0.25) is 9.88 Å². The molecule has 3 N–H and O–H groups in total. The van der Waals surface area contributed by atoms with Crippen LogP contribution in [-0.2, 0) is 0 Å². The first-order chi connectivity index (χ1) is 7.68. The molecule has 1 fully saturated rings. The minimum atomic E-state index is 0.528. The molecule has 0 aromatic carbocycles. The summed E-state index contributed by atoms with van der Waals surface area (Å²) in [6.45, 7) is 3.16. The van der Waals surface area contributed by atoms with Gasteiger partial charge in [0.2, 0.25) is 0 Å². The summed E-state index contributed by atoms with van der Waals surface area (Å²) in [5.74, 6) is 0. The van der Waals surface area contributed by atoms with Gasteiger partial charge in [0.25, 0.3) is 0 Å². The highest BCUT2D eigenvalue weighted by molar-refractivity contribution is 5.64. The van der Waals surface area contributed by atoms with E-state index in [4.69, 9.17) is 5.73 Å². The Bertz CT molecular complexity index is 349. The summed E-state index contributed by atoms with van der Waals surface area (Å²) in [7, 11) is 2.19. The van der Waals surface area contributed by atoms with E-state index in [-0.39, 0.29) is 0 Å². The third-order valence-electron chi connectivity index (χ3n) is 3.26. The Morgan fingerprint density at radius 1 is 1.62 bits per heavy atom. The molecule has 1 aromatic heterocycles. The molecule has 4 heteroatoms. The van der Waals surface area contributed by atoms with E-state index in [0.29, 0.717) is 11.7 Å². The molecule has 0 aliphatic heterocycles. The van der Waals surface area contributed by atoms with Gasteiger partial charge in [-0.15, -0.1) is 0 Å². The van der Waals surface area contributed by atoms with Gasteiger partial charge in [-0.1, -0.05) is 0 Å². The number of nitrogen functional groups attached to an aromatic ring is 1. The lowest BCUT2D eigenvalue weighted by molar-refractivity contribution is 0.257. The lowest BCUT2D eigenvalue weighted by atomic mass is 10.2. The summed E-state index contributed by atoms with van der Waals surface area (Å²) < 4.78 is 0. The van der Waals surface area contributed by atoms with Crippen LogP contribution in [0.25, 0.3) is 0 Å². The number of anilines is 2. The Kier molecular flexibility index (Phi) is 3.29. The lowest BCUT2D eigenvalue weighted by Gasteiger charge is -2.25. The van der Waals surface area contributed by atoms with Crippen molar-refractivity contribution in [3.05, 3.63) is 18.5 Å². The zero-order chi connectivity index (χ0) is 11.5. The van der Waals surface area contributed by atoms with Gasteiger partial charge >= 0.3 is 0 Å². The van der Waals surface area contributed by atoms with Crippen molar-refractivity contribution in [3.63, 3.8) is 0 Å². The van der Waals surface area contributed by atoms with Crippen LogP contribution in [0.15, 0.2) is 18.5 Å². The number of hydrogen-bond donors (Lipinski definition) is 2. The molecule has 16 heavy (non-hydrogen) atoms. The summed E-state index contributed by atoms with van der Waals surface area (Å²) >= 11 is 0. The fraction of sp³-hybridized carbons (Fsp3) is 0.583. The second-order valence-corrected chi connectivity index (χ2v) is 4.59. The standard InChI is InChI=1S/C12H20N4/c1-9(16(2)10-3-4-10)7-15-12-5-6-14-8-11(12)13/h5-6,8-10H,3-4,7,13H2,1-2H3,(H,14,15). The van der Waals surface area contributed by atoms with E-state index >= 15 is 0 Å². The molecule has 1 saturated carbocycles. The Balaban J connectivity index is 1.84. The second kappa shape index (κ2) is 4.70. The first-order valence-corrected chi connectivity index (χ1v) is 5.84. The summed E-state index contributed by atoms with van der Waals surface area (Å²) in [5, 5.41) is 3.37. The SMILES string of the molecule is CC(CNc1ccncc1N)N(C)C1CC1. The van der Waals surface area contributed by atoms with Crippen LogP contribution in [0.4, 0.5) is 11.4 Å². The Labute approximate surface area is 96.8 Å². The highest BCUT2D eigenvalue weighted by atomic mass is 15.2. The largest absolute Gasteiger partial charge is 0.396 e. The Hall–Kier alpha value is -1.29. The van der Waals surface area contributed by atoms with Crippen molar-refractivity contribution in [2.45, 2.75) is 31.8 Å². The normalized spacial score (nSPS) is 17.4. The zero-order valence-corrected chi connectivity index (χ0v) is 9.98. The number of pyridine rings is 1. The minimum absolute atomic E-state index is 0.528. The van der Waals surface area contributed by atoms with E-state index in [1.807, 2.05) is 6.07 Å². The maximum atomic E-state index is 5.82. The number of nitrogens with zero attached hydrogens (tertiary/aromatic N) is 2. The minimum Gasteiger partial charge on any atom is -0.396 e. The van der Waals surface area contributed by atoms with Crippen LogP contribution in [0, 0.1) is 0 Å². The third-order valence-corrected chi connectivity index (χ3v) is 3.26. The van der Waals surface area contributed by atoms with Crippen molar-refractivity contribution in [1.29, 1.82) is 0 Å². The molecule has 88 valence electrons. The Morgan fingerprint density at radius 3 is 3.00 bits per heavy atom. The van der Waals surface area contributed by atoms with Gasteiger partial charge in [-0.25, -0.2) is 0 Å². The number of hydrogen-bond acceptors (Lipinski definition) is 4. The van der Waals surface area contributed by atoms with Crippen LogP contribution in [0.5, 0.6) is 0 Å². The lowest BCUT2D eigenvalue weighted by Crippen LogP contribution is -2.36.